The van der Waals surface area contributed by atoms with Crippen molar-refractivity contribution >= 4 is 23.1 Å². The standard InChI is InChI=1S/C16H13N5O3/c1-11-6-7-18-15(8-11)19-10-12(9-17)16(22)20-13-2-4-14(5-3-13)21(23)24/h2-8,10H,1H3,(H,18,19)(H,20,22)/b12-10-. The number of hydrogen-bond donors (Lipinski definition) is 2. The predicted octanol–water partition coefficient (Wildman–Crippen LogP) is 2.76. The number of nitrogens with zero attached hydrogens (tertiary/aromatic N) is 3. The number of amides is 1. The highest BCUT2D eigenvalue weighted by Crippen LogP contribution is 2.16. The molecular formula is C16H13N5O3. The zero-order chi connectivity index (χ0) is 17.5. The number of carbonyl (C=O) groups is 1. The lowest BCUT2D eigenvalue weighted by Crippen LogP contribution is -2.14. The molecule has 0 radical (unpaired) electrons. The maximum atomic E-state index is 12.1. The molecule has 1 aromatic carbocycles. The summed E-state index contributed by atoms with van der Waals surface area (Å²) in [6.45, 7) is 1.89. The summed E-state index contributed by atoms with van der Waals surface area (Å²) in [6.07, 6.45) is 2.86. The Morgan fingerprint density at radius 2 is 2.04 bits per heavy atom. The van der Waals surface area contributed by atoms with E-state index in [2.05, 4.69) is 15.6 Å². The fourth-order valence-corrected chi connectivity index (χ4v) is 1.77. The number of aromatic nitrogens is 1. The summed E-state index contributed by atoms with van der Waals surface area (Å²) < 4.78 is 0. The number of nitrogens with one attached hydrogen (secondary N) is 2. The average Bonchev–Trinajstić information content (AvgIpc) is 2.56. The third-order valence-electron chi connectivity index (χ3n) is 2.98. The van der Waals surface area contributed by atoms with Crippen LogP contribution in [0, 0.1) is 28.4 Å². The van der Waals surface area contributed by atoms with Crippen LogP contribution >= 0.6 is 0 Å². The molecule has 2 rings (SSSR count). The van der Waals surface area contributed by atoms with Gasteiger partial charge in [-0.3, -0.25) is 14.9 Å². The Hall–Kier alpha value is -3.73. The van der Waals surface area contributed by atoms with Crippen molar-refractivity contribution in [3.8, 4) is 6.07 Å². The van der Waals surface area contributed by atoms with E-state index in [0.717, 1.165) is 5.56 Å². The molecule has 0 aliphatic carbocycles. The zero-order valence-electron chi connectivity index (χ0n) is 12.7. The molecule has 1 aromatic heterocycles. The lowest BCUT2D eigenvalue weighted by atomic mass is 10.2. The van der Waals surface area contributed by atoms with Crippen molar-refractivity contribution in [3.63, 3.8) is 0 Å². The molecule has 0 aliphatic heterocycles. The van der Waals surface area contributed by atoms with E-state index in [-0.39, 0.29) is 11.3 Å². The minimum absolute atomic E-state index is 0.0868. The molecule has 0 spiro atoms. The van der Waals surface area contributed by atoms with Crippen molar-refractivity contribution in [2.75, 3.05) is 10.6 Å². The topological polar surface area (TPSA) is 121 Å². The van der Waals surface area contributed by atoms with Crippen LogP contribution in [-0.4, -0.2) is 15.8 Å². The highest BCUT2D eigenvalue weighted by Gasteiger charge is 2.11. The van der Waals surface area contributed by atoms with E-state index in [1.165, 1.54) is 30.5 Å². The first kappa shape index (κ1) is 16.6. The van der Waals surface area contributed by atoms with Gasteiger partial charge in [-0.1, -0.05) is 0 Å². The third kappa shape index (κ3) is 4.38. The molecule has 2 aromatic rings. The molecule has 0 bridgehead atoms. The van der Waals surface area contributed by atoms with Gasteiger partial charge in [0.2, 0.25) is 0 Å². The lowest BCUT2D eigenvalue weighted by Gasteiger charge is -2.05. The molecule has 2 N–H and O–H groups in total. The lowest BCUT2D eigenvalue weighted by molar-refractivity contribution is -0.384. The van der Waals surface area contributed by atoms with Crippen LogP contribution in [0.5, 0.6) is 0 Å². The second kappa shape index (κ2) is 7.51. The van der Waals surface area contributed by atoms with Crippen molar-refractivity contribution in [2.45, 2.75) is 6.92 Å². The van der Waals surface area contributed by atoms with Crippen LogP contribution in [0.1, 0.15) is 5.56 Å². The molecule has 8 heteroatoms. The first-order chi connectivity index (χ1) is 11.5. The molecule has 0 saturated heterocycles. The van der Waals surface area contributed by atoms with Gasteiger partial charge in [0.15, 0.2) is 0 Å². The molecule has 1 amide bonds. The van der Waals surface area contributed by atoms with Crippen molar-refractivity contribution < 1.29 is 9.72 Å². The van der Waals surface area contributed by atoms with Crippen LogP contribution in [0.15, 0.2) is 54.4 Å². The van der Waals surface area contributed by atoms with Crippen LogP contribution in [0.2, 0.25) is 0 Å². The largest absolute Gasteiger partial charge is 0.345 e. The third-order valence-corrected chi connectivity index (χ3v) is 2.98. The van der Waals surface area contributed by atoms with Crippen molar-refractivity contribution in [3.05, 3.63) is 70.0 Å². The smallest absolute Gasteiger partial charge is 0.269 e. The highest BCUT2D eigenvalue weighted by molar-refractivity contribution is 6.06. The molecule has 0 aliphatic rings. The van der Waals surface area contributed by atoms with Gasteiger partial charge in [-0.05, 0) is 36.8 Å². The fourth-order valence-electron chi connectivity index (χ4n) is 1.77. The summed E-state index contributed by atoms with van der Waals surface area (Å²) in [5.74, 6) is -0.127. The Bertz CT molecular complexity index is 838. The van der Waals surface area contributed by atoms with Gasteiger partial charge in [-0.2, -0.15) is 5.26 Å². The SMILES string of the molecule is Cc1ccnc(N/C=C(/C#N)C(=O)Nc2ccc([N+](=O)[O-])cc2)c1. The molecule has 0 unspecified atom stereocenters. The molecule has 0 saturated carbocycles. The summed E-state index contributed by atoms with van der Waals surface area (Å²) in [5, 5.41) is 25.0. The number of hydrogen-bond acceptors (Lipinski definition) is 6. The first-order valence-electron chi connectivity index (χ1n) is 6.85. The van der Waals surface area contributed by atoms with Crippen LogP contribution in [0.25, 0.3) is 0 Å². The van der Waals surface area contributed by atoms with E-state index in [1.807, 2.05) is 13.0 Å². The number of nitro groups is 1. The predicted molar refractivity (Wildman–Crippen MR) is 88.0 cm³/mol. The summed E-state index contributed by atoms with van der Waals surface area (Å²) in [5.41, 5.74) is 1.09. The molecule has 0 fully saturated rings. The minimum Gasteiger partial charge on any atom is -0.345 e. The Balaban J connectivity index is 2.07. The molecule has 0 atom stereocenters. The number of non-ortho nitro benzene ring substituents is 1. The Kier molecular flexibility index (Phi) is 5.20. The number of rotatable bonds is 5. The first-order valence-corrected chi connectivity index (χ1v) is 6.85. The van der Waals surface area contributed by atoms with E-state index < -0.39 is 10.8 Å². The monoisotopic (exact) mass is 323 g/mol. The van der Waals surface area contributed by atoms with Gasteiger partial charge in [-0.15, -0.1) is 0 Å². The molecule has 8 nitrogen and oxygen atoms in total. The Morgan fingerprint density at radius 1 is 1.33 bits per heavy atom. The number of anilines is 2. The summed E-state index contributed by atoms with van der Waals surface area (Å²) >= 11 is 0. The highest BCUT2D eigenvalue weighted by atomic mass is 16.6. The molecular weight excluding hydrogens is 310 g/mol. The number of benzene rings is 1. The van der Waals surface area contributed by atoms with Crippen LogP contribution in [0.4, 0.5) is 17.2 Å². The Labute approximate surface area is 137 Å². The van der Waals surface area contributed by atoms with Gasteiger partial charge < -0.3 is 10.6 Å². The van der Waals surface area contributed by atoms with E-state index >= 15 is 0 Å². The van der Waals surface area contributed by atoms with Crippen LogP contribution < -0.4 is 10.6 Å². The van der Waals surface area contributed by atoms with E-state index in [1.54, 1.807) is 18.3 Å². The fraction of sp³-hybridized carbons (Fsp3) is 0.0625. The van der Waals surface area contributed by atoms with Gasteiger partial charge in [0, 0.05) is 30.2 Å². The van der Waals surface area contributed by atoms with Gasteiger partial charge in [-0.25, -0.2) is 4.98 Å². The van der Waals surface area contributed by atoms with Gasteiger partial charge in [0.25, 0.3) is 11.6 Å². The number of carbonyl (C=O) groups excluding carboxylic acids is 1. The van der Waals surface area contributed by atoms with Gasteiger partial charge in [0.05, 0.1) is 4.92 Å². The minimum atomic E-state index is -0.633. The second-order valence-electron chi connectivity index (χ2n) is 4.79. The van der Waals surface area contributed by atoms with E-state index in [0.29, 0.717) is 11.5 Å². The normalized spacial score (nSPS) is 10.6. The summed E-state index contributed by atoms with van der Waals surface area (Å²) in [4.78, 5) is 26.2. The number of aryl methyl sites for hydroxylation is 1. The van der Waals surface area contributed by atoms with E-state index in [4.69, 9.17) is 5.26 Å². The maximum Gasteiger partial charge on any atom is 0.269 e. The van der Waals surface area contributed by atoms with E-state index in [9.17, 15) is 14.9 Å². The number of nitro benzene ring substituents is 1. The molecule has 24 heavy (non-hydrogen) atoms. The van der Waals surface area contributed by atoms with Crippen LogP contribution in [-0.2, 0) is 4.79 Å². The quantitative estimate of drug-likeness (QED) is 0.378. The zero-order valence-corrected chi connectivity index (χ0v) is 12.7. The average molecular weight is 323 g/mol. The molecule has 1 heterocycles. The summed E-state index contributed by atoms with van der Waals surface area (Å²) in [6, 6.07) is 10.7. The molecule has 120 valence electrons. The summed E-state index contributed by atoms with van der Waals surface area (Å²) in [7, 11) is 0. The number of pyridine rings is 1. The maximum absolute atomic E-state index is 12.1. The van der Waals surface area contributed by atoms with Crippen molar-refractivity contribution in [1.82, 2.24) is 4.98 Å². The Morgan fingerprint density at radius 3 is 2.62 bits per heavy atom. The van der Waals surface area contributed by atoms with Crippen molar-refractivity contribution in [2.24, 2.45) is 0 Å². The van der Waals surface area contributed by atoms with Crippen molar-refractivity contribution in [1.29, 1.82) is 5.26 Å². The van der Waals surface area contributed by atoms with Crippen LogP contribution in [0.3, 0.4) is 0 Å². The second-order valence-corrected chi connectivity index (χ2v) is 4.79. The number of nitriles is 1. The van der Waals surface area contributed by atoms with Gasteiger partial charge >= 0.3 is 0 Å². The van der Waals surface area contributed by atoms with Gasteiger partial charge in [0.1, 0.15) is 17.5 Å².